The van der Waals surface area contributed by atoms with E-state index in [9.17, 15) is 4.39 Å². The largest absolute Gasteiger partial charge is 0.464 e. The van der Waals surface area contributed by atoms with Crippen molar-refractivity contribution in [1.82, 2.24) is 0 Å². The van der Waals surface area contributed by atoms with Crippen LogP contribution in [0.1, 0.15) is 25.3 Å². The first kappa shape index (κ1) is 8.30. The Morgan fingerprint density at radius 2 is 2.08 bits per heavy atom. The van der Waals surface area contributed by atoms with E-state index >= 15 is 0 Å². The predicted molar refractivity (Wildman–Crippen MR) is 50.3 cm³/mol. The predicted octanol–water partition coefficient (Wildman–Crippen LogP) is 3.70. The third-order valence-electron chi connectivity index (χ3n) is 2.17. The first-order valence-electron chi connectivity index (χ1n) is 4.35. The molecule has 0 aliphatic carbocycles. The molecule has 0 N–H and O–H groups in total. The number of hydrogen-bond acceptors (Lipinski definition) is 1. The van der Waals surface area contributed by atoms with Crippen LogP contribution < -0.4 is 0 Å². The minimum atomic E-state index is -0.197. The Kier molecular flexibility index (Phi) is 1.83. The molecule has 1 heterocycles. The lowest BCUT2D eigenvalue weighted by atomic mass is 10.0. The molecule has 0 fully saturated rings. The maximum Gasteiger partial charge on any atom is 0.137 e. The molecule has 1 aromatic carbocycles. The molecule has 0 bridgehead atoms. The quantitative estimate of drug-likeness (QED) is 0.649. The zero-order chi connectivity index (χ0) is 9.42. The van der Waals surface area contributed by atoms with Crippen LogP contribution in [0.15, 0.2) is 28.9 Å². The molecule has 0 saturated heterocycles. The van der Waals surface area contributed by atoms with Crippen LogP contribution in [0, 0.1) is 5.82 Å². The molecule has 0 unspecified atom stereocenters. The van der Waals surface area contributed by atoms with Crippen molar-refractivity contribution < 1.29 is 8.81 Å². The standard InChI is InChI=1S/C11H11FO/c1-7(2)10-6-9(12)5-8-3-4-13-11(8)10/h3-7H,1-2H3. The van der Waals surface area contributed by atoms with E-state index < -0.39 is 0 Å². The summed E-state index contributed by atoms with van der Waals surface area (Å²) in [6, 6.07) is 4.81. The molecule has 1 aromatic heterocycles. The average molecular weight is 178 g/mol. The Hall–Kier alpha value is -1.31. The van der Waals surface area contributed by atoms with Crippen molar-refractivity contribution in [2.75, 3.05) is 0 Å². The van der Waals surface area contributed by atoms with Gasteiger partial charge >= 0.3 is 0 Å². The Labute approximate surface area is 76.2 Å². The van der Waals surface area contributed by atoms with Gasteiger partial charge in [0.15, 0.2) is 0 Å². The van der Waals surface area contributed by atoms with Gasteiger partial charge in [0.2, 0.25) is 0 Å². The zero-order valence-corrected chi connectivity index (χ0v) is 7.67. The van der Waals surface area contributed by atoms with Crippen molar-refractivity contribution in [3.05, 3.63) is 35.8 Å². The molecule has 2 aromatic rings. The minimum Gasteiger partial charge on any atom is -0.464 e. The topological polar surface area (TPSA) is 13.1 Å². The number of hydrogen-bond donors (Lipinski definition) is 0. The summed E-state index contributed by atoms with van der Waals surface area (Å²) in [5.41, 5.74) is 1.73. The Balaban J connectivity index is 2.77. The van der Waals surface area contributed by atoms with E-state index in [1.54, 1.807) is 12.3 Å². The Morgan fingerprint density at radius 1 is 1.31 bits per heavy atom. The van der Waals surface area contributed by atoms with Gasteiger partial charge in [0, 0.05) is 10.9 Å². The van der Waals surface area contributed by atoms with Crippen LogP contribution in [-0.2, 0) is 0 Å². The Morgan fingerprint density at radius 3 is 2.77 bits per heavy atom. The fourth-order valence-electron chi connectivity index (χ4n) is 1.50. The van der Waals surface area contributed by atoms with Crippen LogP contribution in [0.25, 0.3) is 11.0 Å². The van der Waals surface area contributed by atoms with Crippen molar-refractivity contribution in [2.45, 2.75) is 19.8 Å². The van der Waals surface area contributed by atoms with Crippen molar-refractivity contribution in [3.63, 3.8) is 0 Å². The second-order valence-corrected chi connectivity index (χ2v) is 3.49. The molecule has 0 aliphatic rings. The average Bonchev–Trinajstić information content (AvgIpc) is 2.49. The number of fused-ring (bicyclic) bond motifs is 1. The van der Waals surface area contributed by atoms with Crippen LogP contribution in [0.3, 0.4) is 0 Å². The van der Waals surface area contributed by atoms with E-state index in [-0.39, 0.29) is 11.7 Å². The summed E-state index contributed by atoms with van der Waals surface area (Å²) in [6.07, 6.45) is 1.59. The maximum atomic E-state index is 13.1. The highest BCUT2D eigenvalue weighted by Crippen LogP contribution is 2.27. The van der Waals surface area contributed by atoms with Gasteiger partial charge in [-0.05, 0) is 24.1 Å². The fraction of sp³-hybridized carbons (Fsp3) is 0.273. The first-order valence-corrected chi connectivity index (χ1v) is 4.35. The van der Waals surface area contributed by atoms with Gasteiger partial charge in [-0.3, -0.25) is 0 Å². The molecule has 13 heavy (non-hydrogen) atoms. The molecular formula is C11H11FO. The molecular weight excluding hydrogens is 167 g/mol. The van der Waals surface area contributed by atoms with Gasteiger partial charge < -0.3 is 4.42 Å². The molecule has 0 radical (unpaired) electrons. The molecule has 2 rings (SSSR count). The molecule has 0 spiro atoms. The van der Waals surface area contributed by atoms with Crippen molar-refractivity contribution in [3.8, 4) is 0 Å². The summed E-state index contributed by atoms with van der Waals surface area (Å²) in [6.45, 7) is 4.05. The van der Waals surface area contributed by atoms with E-state index in [2.05, 4.69) is 0 Å². The van der Waals surface area contributed by atoms with Gasteiger partial charge in [0.1, 0.15) is 11.4 Å². The number of furan rings is 1. The highest BCUT2D eigenvalue weighted by molar-refractivity contribution is 5.80. The molecule has 0 atom stereocenters. The Bertz CT molecular complexity index is 429. The molecule has 68 valence electrons. The summed E-state index contributed by atoms with van der Waals surface area (Å²) in [5.74, 6) is 0.0851. The normalized spacial score (nSPS) is 11.4. The van der Waals surface area contributed by atoms with Gasteiger partial charge in [-0.25, -0.2) is 4.39 Å². The third kappa shape index (κ3) is 1.32. The SMILES string of the molecule is CC(C)c1cc(F)cc2ccoc12. The number of benzene rings is 1. The van der Waals surface area contributed by atoms with Crippen LogP contribution >= 0.6 is 0 Å². The van der Waals surface area contributed by atoms with E-state index in [1.165, 1.54) is 12.1 Å². The van der Waals surface area contributed by atoms with Crippen LogP contribution in [0.4, 0.5) is 4.39 Å². The van der Waals surface area contributed by atoms with Crippen molar-refractivity contribution >= 4 is 11.0 Å². The fourth-order valence-corrected chi connectivity index (χ4v) is 1.50. The lowest BCUT2D eigenvalue weighted by Crippen LogP contribution is -1.89. The van der Waals surface area contributed by atoms with Crippen LogP contribution in [0.5, 0.6) is 0 Å². The van der Waals surface area contributed by atoms with Crippen LogP contribution in [0.2, 0.25) is 0 Å². The van der Waals surface area contributed by atoms with Gasteiger partial charge in [0.05, 0.1) is 6.26 Å². The van der Waals surface area contributed by atoms with Gasteiger partial charge in [0.25, 0.3) is 0 Å². The number of halogens is 1. The second kappa shape index (κ2) is 2.87. The summed E-state index contributed by atoms with van der Waals surface area (Å²) in [7, 11) is 0. The van der Waals surface area contributed by atoms with E-state index in [0.29, 0.717) is 0 Å². The van der Waals surface area contributed by atoms with Crippen molar-refractivity contribution in [1.29, 1.82) is 0 Å². The number of rotatable bonds is 1. The lowest BCUT2D eigenvalue weighted by molar-refractivity contribution is 0.598. The van der Waals surface area contributed by atoms with Crippen molar-refractivity contribution in [2.24, 2.45) is 0 Å². The molecule has 0 aliphatic heterocycles. The third-order valence-corrected chi connectivity index (χ3v) is 2.17. The van der Waals surface area contributed by atoms with Gasteiger partial charge in [-0.15, -0.1) is 0 Å². The first-order chi connectivity index (χ1) is 6.18. The smallest absolute Gasteiger partial charge is 0.137 e. The van der Waals surface area contributed by atoms with E-state index in [0.717, 1.165) is 16.5 Å². The van der Waals surface area contributed by atoms with E-state index in [4.69, 9.17) is 4.42 Å². The minimum absolute atomic E-state index is 0.197. The van der Waals surface area contributed by atoms with Gasteiger partial charge in [-0.1, -0.05) is 13.8 Å². The summed E-state index contributed by atoms with van der Waals surface area (Å²) in [5, 5.41) is 0.837. The molecule has 1 nitrogen and oxygen atoms in total. The molecule has 0 saturated carbocycles. The van der Waals surface area contributed by atoms with E-state index in [1.807, 2.05) is 13.8 Å². The monoisotopic (exact) mass is 178 g/mol. The molecule has 0 amide bonds. The summed E-state index contributed by atoms with van der Waals surface area (Å²) >= 11 is 0. The van der Waals surface area contributed by atoms with Crippen LogP contribution in [-0.4, -0.2) is 0 Å². The summed E-state index contributed by atoms with van der Waals surface area (Å²) in [4.78, 5) is 0. The maximum absolute atomic E-state index is 13.1. The highest BCUT2D eigenvalue weighted by atomic mass is 19.1. The van der Waals surface area contributed by atoms with Gasteiger partial charge in [-0.2, -0.15) is 0 Å². The second-order valence-electron chi connectivity index (χ2n) is 3.49. The lowest BCUT2D eigenvalue weighted by Gasteiger charge is -2.05. The summed E-state index contributed by atoms with van der Waals surface area (Å²) < 4.78 is 18.4. The highest BCUT2D eigenvalue weighted by Gasteiger charge is 2.09. The molecule has 2 heteroatoms. The zero-order valence-electron chi connectivity index (χ0n) is 7.67.